The number of hydrogen-bond donors (Lipinski definition) is 4. The zero-order chi connectivity index (χ0) is 28.3. The third kappa shape index (κ3) is 9.73. The summed E-state index contributed by atoms with van der Waals surface area (Å²) in [6, 6.07) is 4.37. The van der Waals surface area contributed by atoms with Gasteiger partial charge in [0, 0.05) is 23.5 Å². The maximum absolute atomic E-state index is 13.4. The highest BCUT2D eigenvalue weighted by Gasteiger charge is 2.30. The van der Waals surface area contributed by atoms with Gasteiger partial charge < -0.3 is 35.2 Å². The van der Waals surface area contributed by atoms with E-state index in [1.807, 2.05) is 30.5 Å². The Kier molecular flexibility index (Phi) is 11.6. The number of ether oxygens (including phenoxy) is 2. The number of thioether (sulfide) groups is 1. The van der Waals surface area contributed by atoms with E-state index in [-0.39, 0.29) is 19.3 Å². The number of aldehydes is 1. The second kappa shape index (κ2) is 14.4. The van der Waals surface area contributed by atoms with E-state index in [0.717, 1.165) is 16.5 Å². The number of H-pyrrole nitrogens is 1. The molecule has 38 heavy (non-hydrogen) atoms. The Morgan fingerprint density at radius 3 is 2.37 bits per heavy atom. The van der Waals surface area contributed by atoms with Gasteiger partial charge in [0.2, 0.25) is 11.8 Å². The van der Waals surface area contributed by atoms with E-state index in [2.05, 4.69) is 25.7 Å². The van der Waals surface area contributed by atoms with Crippen LogP contribution >= 0.6 is 11.8 Å². The maximum Gasteiger partial charge on any atom is 0.408 e. The third-order valence-corrected chi connectivity index (χ3v) is 6.10. The number of aromatic nitrogens is 1. The van der Waals surface area contributed by atoms with Crippen LogP contribution in [0, 0.1) is 0 Å². The lowest BCUT2D eigenvalue weighted by molar-refractivity contribution is -0.142. The van der Waals surface area contributed by atoms with Gasteiger partial charge in [0.05, 0.1) is 19.6 Å². The van der Waals surface area contributed by atoms with E-state index in [1.54, 1.807) is 27.0 Å². The minimum Gasteiger partial charge on any atom is -0.469 e. The van der Waals surface area contributed by atoms with Crippen molar-refractivity contribution >= 4 is 52.8 Å². The molecule has 0 saturated heterocycles. The maximum atomic E-state index is 13.4. The molecule has 0 aliphatic heterocycles. The molecule has 2 rings (SSSR count). The number of aromatic amines is 1. The Morgan fingerprint density at radius 1 is 1.05 bits per heavy atom. The van der Waals surface area contributed by atoms with E-state index in [9.17, 15) is 24.0 Å². The molecule has 1 aromatic heterocycles. The van der Waals surface area contributed by atoms with Gasteiger partial charge in [0.25, 0.3) is 0 Å². The van der Waals surface area contributed by atoms with Crippen LogP contribution in [-0.4, -0.2) is 78.0 Å². The minimum absolute atomic E-state index is 0.130. The third-order valence-electron chi connectivity index (χ3n) is 5.46. The molecule has 2 aromatic rings. The summed E-state index contributed by atoms with van der Waals surface area (Å²) in [5.74, 6) is -1.35. The van der Waals surface area contributed by atoms with Gasteiger partial charge in [-0.15, -0.1) is 0 Å². The monoisotopic (exact) mass is 548 g/mol. The molecule has 12 heteroatoms. The predicted molar refractivity (Wildman–Crippen MR) is 145 cm³/mol. The molecular weight excluding hydrogens is 512 g/mol. The summed E-state index contributed by atoms with van der Waals surface area (Å²) in [6.07, 6.45) is 3.33. The molecule has 208 valence electrons. The van der Waals surface area contributed by atoms with Crippen LogP contribution in [-0.2, 0) is 35.1 Å². The molecule has 0 fully saturated rings. The van der Waals surface area contributed by atoms with Crippen LogP contribution in [0.5, 0.6) is 0 Å². The van der Waals surface area contributed by atoms with Crippen LogP contribution in [0.2, 0.25) is 0 Å². The first kappa shape index (κ1) is 30.7. The smallest absolute Gasteiger partial charge is 0.408 e. The SMILES string of the molecule is COC(=O)C[C@@H](C=O)NC(=O)[C@H](CCSC)NC(=O)C(Cc1c[nH]c2ccccc12)NC(=O)OC(C)(C)C. The second-order valence-electron chi connectivity index (χ2n) is 9.64. The van der Waals surface area contributed by atoms with Gasteiger partial charge in [-0.1, -0.05) is 18.2 Å². The van der Waals surface area contributed by atoms with Crippen LogP contribution in [0.4, 0.5) is 4.79 Å². The summed E-state index contributed by atoms with van der Waals surface area (Å²) in [6.45, 7) is 5.13. The predicted octanol–water partition coefficient (Wildman–Crippen LogP) is 2.09. The van der Waals surface area contributed by atoms with E-state index >= 15 is 0 Å². The normalized spacial score (nSPS) is 13.6. The summed E-state index contributed by atoms with van der Waals surface area (Å²) >= 11 is 1.48. The van der Waals surface area contributed by atoms with Crippen molar-refractivity contribution in [3.63, 3.8) is 0 Å². The molecule has 0 saturated carbocycles. The Balaban J connectivity index is 2.25. The van der Waals surface area contributed by atoms with Gasteiger partial charge >= 0.3 is 12.1 Å². The molecule has 1 unspecified atom stereocenters. The Bertz CT molecular complexity index is 1130. The molecule has 0 spiro atoms. The zero-order valence-corrected chi connectivity index (χ0v) is 23.1. The number of rotatable bonds is 13. The van der Waals surface area contributed by atoms with Gasteiger partial charge in [0.1, 0.15) is 24.0 Å². The quantitative estimate of drug-likeness (QED) is 0.219. The largest absolute Gasteiger partial charge is 0.469 e. The second-order valence-corrected chi connectivity index (χ2v) is 10.6. The van der Waals surface area contributed by atoms with E-state index in [0.29, 0.717) is 12.0 Å². The van der Waals surface area contributed by atoms with Crippen LogP contribution < -0.4 is 16.0 Å². The molecule has 3 atom stereocenters. The van der Waals surface area contributed by atoms with Crippen molar-refractivity contribution in [2.45, 2.75) is 63.8 Å². The molecule has 0 aliphatic rings. The Hall–Kier alpha value is -3.54. The fourth-order valence-corrected chi connectivity index (χ4v) is 4.11. The molecule has 1 aromatic carbocycles. The van der Waals surface area contributed by atoms with Crippen LogP contribution in [0.3, 0.4) is 0 Å². The lowest BCUT2D eigenvalue weighted by Gasteiger charge is -2.25. The van der Waals surface area contributed by atoms with Crippen LogP contribution in [0.15, 0.2) is 30.5 Å². The van der Waals surface area contributed by atoms with Crippen molar-refractivity contribution in [2.75, 3.05) is 19.1 Å². The standard InChI is InChI=1S/C26H36N4O7S/c1-26(2,3)37-25(35)30-21(12-16-14-27-19-9-7-6-8-18(16)19)24(34)29-20(10-11-38-5)23(33)28-17(15-31)13-22(32)36-4/h6-9,14-15,17,20-21,27H,10-13H2,1-5H3,(H,28,33)(H,29,34)(H,30,35)/t17-,20-,21?/m0/s1. The number of carbonyl (C=O) groups excluding carboxylic acids is 5. The van der Waals surface area contributed by atoms with E-state index < -0.39 is 47.6 Å². The van der Waals surface area contributed by atoms with Crippen LogP contribution in [0.25, 0.3) is 10.9 Å². The fraction of sp³-hybridized carbons (Fsp3) is 0.500. The van der Waals surface area contributed by atoms with Gasteiger partial charge in [-0.05, 0) is 50.8 Å². The number of amides is 3. The number of nitrogens with one attached hydrogen (secondary N) is 4. The highest BCUT2D eigenvalue weighted by atomic mass is 32.2. The average Bonchev–Trinajstić information content (AvgIpc) is 3.26. The summed E-state index contributed by atoms with van der Waals surface area (Å²) in [7, 11) is 1.18. The number of carbonyl (C=O) groups is 5. The first-order chi connectivity index (χ1) is 18.0. The lowest BCUT2D eigenvalue weighted by atomic mass is 10.0. The van der Waals surface area contributed by atoms with Crippen molar-refractivity contribution < 1.29 is 33.4 Å². The molecule has 3 amide bonds. The van der Waals surface area contributed by atoms with Crippen LogP contribution in [0.1, 0.15) is 39.2 Å². The number of hydrogen-bond acceptors (Lipinski definition) is 8. The molecule has 0 radical (unpaired) electrons. The number of fused-ring (bicyclic) bond motifs is 1. The Morgan fingerprint density at radius 2 is 1.74 bits per heavy atom. The van der Waals surface area contributed by atoms with Gasteiger partial charge in [-0.25, -0.2) is 4.79 Å². The van der Waals surface area contributed by atoms with Crippen molar-refractivity contribution in [1.29, 1.82) is 0 Å². The fourth-order valence-electron chi connectivity index (χ4n) is 3.64. The summed E-state index contributed by atoms with van der Waals surface area (Å²) < 4.78 is 9.91. The summed E-state index contributed by atoms with van der Waals surface area (Å²) in [5, 5.41) is 8.69. The van der Waals surface area contributed by atoms with Gasteiger partial charge in [-0.3, -0.25) is 14.4 Å². The van der Waals surface area contributed by atoms with E-state index in [4.69, 9.17) is 4.74 Å². The molecule has 1 heterocycles. The molecule has 4 N–H and O–H groups in total. The number of alkyl carbamates (subject to hydrolysis) is 1. The number of para-hydroxylation sites is 1. The van der Waals surface area contributed by atoms with Crippen molar-refractivity contribution in [3.05, 3.63) is 36.0 Å². The number of esters is 1. The Labute approximate surface area is 226 Å². The molecule has 0 aliphatic carbocycles. The van der Waals surface area contributed by atoms with Gasteiger partial charge in [0.15, 0.2) is 0 Å². The highest BCUT2D eigenvalue weighted by molar-refractivity contribution is 7.98. The minimum atomic E-state index is -1.11. The lowest BCUT2D eigenvalue weighted by Crippen LogP contribution is -2.56. The van der Waals surface area contributed by atoms with Crippen molar-refractivity contribution in [3.8, 4) is 0 Å². The van der Waals surface area contributed by atoms with Crippen molar-refractivity contribution in [2.24, 2.45) is 0 Å². The van der Waals surface area contributed by atoms with Gasteiger partial charge in [-0.2, -0.15) is 11.8 Å². The molecular formula is C26H36N4O7S. The summed E-state index contributed by atoms with van der Waals surface area (Å²) in [4.78, 5) is 65.1. The number of methoxy groups -OCH3 is 1. The number of benzene rings is 1. The zero-order valence-electron chi connectivity index (χ0n) is 22.3. The first-order valence-electron chi connectivity index (χ1n) is 12.1. The molecule has 0 bridgehead atoms. The topological polar surface area (TPSA) is 156 Å². The summed E-state index contributed by atoms with van der Waals surface area (Å²) in [5.41, 5.74) is 0.888. The molecule has 11 nitrogen and oxygen atoms in total. The first-order valence-corrected chi connectivity index (χ1v) is 13.5. The average molecular weight is 549 g/mol. The van der Waals surface area contributed by atoms with E-state index in [1.165, 1.54) is 18.9 Å². The van der Waals surface area contributed by atoms with Crippen molar-refractivity contribution in [1.82, 2.24) is 20.9 Å². The highest BCUT2D eigenvalue weighted by Crippen LogP contribution is 2.19.